The summed E-state index contributed by atoms with van der Waals surface area (Å²) in [5.74, 6) is -2.83. The molecule has 11 nitrogen and oxygen atoms in total. The van der Waals surface area contributed by atoms with Gasteiger partial charge in [-0.3, -0.25) is 19.2 Å². The van der Waals surface area contributed by atoms with Crippen molar-refractivity contribution < 1.29 is 29.1 Å². The number of hydrogen-bond donors (Lipinski definition) is 5. The van der Waals surface area contributed by atoms with Gasteiger partial charge in [0.2, 0.25) is 23.6 Å². The predicted molar refractivity (Wildman–Crippen MR) is 134 cm³/mol. The SMILES string of the molecule is CC(C)(C)[C@H](NC(=O)O)C(=O)N1C[C@H]2[C@@H]([C@H]1C(=O)N[C@@H](CC1C(=O)Nc3ccccc31)C(N)=O)C2(C)C. The van der Waals surface area contributed by atoms with Crippen molar-refractivity contribution in [2.75, 3.05) is 11.9 Å². The molecule has 1 aromatic rings. The van der Waals surface area contributed by atoms with E-state index in [4.69, 9.17) is 5.73 Å². The minimum Gasteiger partial charge on any atom is -0.465 e. The molecule has 2 fully saturated rings. The first-order valence-corrected chi connectivity index (χ1v) is 12.4. The van der Waals surface area contributed by atoms with Crippen LogP contribution >= 0.6 is 0 Å². The molecule has 0 bridgehead atoms. The van der Waals surface area contributed by atoms with Crippen LogP contribution in [-0.2, 0) is 19.2 Å². The molecule has 3 aliphatic rings. The van der Waals surface area contributed by atoms with Gasteiger partial charge in [-0.25, -0.2) is 4.79 Å². The Balaban J connectivity index is 1.56. The van der Waals surface area contributed by atoms with E-state index >= 15 is 0 Å². The Labute approximate surface area is 215 Å². The lowest BCUT2D eigenvalue weighted by atomic mass is 9.85. The van der Waals surface area contributed by atoms with E-state index in [0.29, 0.717) is 12.2 Å². The highest BCUT2D eigenvalue weighted by atomic mass is 16.4. The molecule has 1 saturated carbocycles. The average molecular weight is 514 g/mol. The summed E-state index contributed by atoms with van der Waals surface area (Å²) in [6, 6.07) is 4.04. The number of nitrogens with one attached hydrogen (secondary N) is 3. The van der Waals surface area contributed by atoms with Gasteiger partial charge in [0.1, 0.15) is 18.1 Å². The van der Waals surface area contributed by atoms with E-state index in [1.165, 1.54) is 4.90 Å². The zero-order chi connectivity index (χ0) is 27.4. The number of carbonyl (C=O) groups is 5. The van der Waals surface area contributed by atoms with E-state index in [9.17, 15) is 29.1 Å². The summed E-state index contributed by atoms with van der Waals surface area (Å²) in [6.45, 7) is 9.58. The van der Waals surface area contributed by atoms with Crippen LogP contribution < -0.4 is 21.7 Å². The summed E-state index contributed by atoms with van der Waals surface area (Å²) in [5, 5.41) is 17.1. The Morgan fingerprint density at radius 1 is 1.19 bits per heavy atom. The highest BCUT2D eigenvalue weighted by Gasteiger charge is 2.69. The lowest BCUT2D eigenvalue weighted by molar-refractivity contribution is -0.144. The van der Waals surface area contributed by atoms with E-state index < -0.39 is 53.3 Å². The van der Waals surface area contributed by atoms with E-state index in [1.54, 1.807) is 45.0 Å². The van der Waals surface area contributed by atoms with Crippen LogP contribution in [0.3, 0.4) is 0 Å². The Bertz CT molecular complexity index is 1160. The number of piperidine rings is 1. The molecule has 2 aliphatic heterocycles. The van der Waals surface area contributed by atoms with E-state index in [1.807, 2.05) is 13.8 Å². The van der Waals surface area contributed by atoms with Gasteiger partial charge < -0.3 is 31.7 Å². The molecule has 4 rings (SSSR count). The largest absolute Gasteiger partial charge is 0.465 e. The molecule has 1 aromatic carbocycles. The second-order valence-electron chi connectivity index (χ2n) is 12.0. The van der Waals surface area contributed by atoms with Gasteiger partial charge in [0.25, 0.3) is 0 Å². The number of para-hydroxylation sites is 1. The molecule has 6 atom stereocenters. The average Bonchev–Trinajstić information content (AvgIpc) is 3.09. The van der Waals surface area contributed by atoms with Crippen LogP contribution in [0.2, 0.25) is 0 Å². The molecule has 11 heteroatoms. The molecule has 0 spiro atoms. The van der Waals surface area contributed by atoms with Crippen LogP contribution in [-0.4, -0.2) is 64.4 Å². The van der Waals surface area contributed by atoms with Crippen molar-refractivity contribution in [3.63, 3.8) is 0 Å². The molecular formula is C26H35N5O6. The topological polar surface area (TPSA) is 171 Å². The fourth-order valence-electron chi connectivity index (χ4n) is 6.00. The van der Waals surface area contributed by atoms with Gasteiger partial charge in [0.05, 0.1) is 5.92 Å². The number of nitrogens with two attached hydrogens (primary N) is 1. The quantitative estimate of drug-likeness (QED) is 0.367. The first-order valence-electron chi connectivity index (χ1n) is 12.4. The first-order chi connectivity index (χ1) is 17.1. The maximum Gasteiger partial charge on any atom is 0.405 e. The molecule has 2 heterocycles. The molecule has 6 N–H and O–H groups in total. The number of likely N-dealkylation sites (tertiary alicyclic amines) is 1. The minimum atomic E-state index is -1.33. The van der Waals surface area contributed by atoms with E-state index in [2.05, 4.69) is 16.0 Å². The number of amides is 5. The van der Waals surface area contributed by atoms with E-state index in [-0.39, 0.29) is 29.6 Å². The highest BCUT2D eigenvalue weighted by Crippen LogP contribution is 2.65. The number of nitrogens with zero attached hydrogens (tertiary/aromatic N) is 1. The Morgan fingerprint density at radius 3 is 2.43 bits per heavy atom. The first kappa shape index (κ1) is 26.4. The summed E-state index contributed by atoms with van der Waals surface area (Å²) >= 11 is 0. The number of rotatable bonds is 7. The maximum atomic E-state index is 13.6. The van der Waals surface area contributed by atoms with Crippen molar-refractivity contribution in [3.8, 4) is 0 Å². The molecule has 1 saturated heterocycles. The lowest BCUT2D eigenvalue weighted by Crippen LogP contribution is -2.60. The Kier molecular flexibility index (Phi) is 6.46. The number of primary amides is 1. The van der Waals surface area contributed by atoms with Gasteiger partial charge in [-0.15, -0.1) is 0 Å². The van der Waals surface area contributed by atoms with Gasteiger partial charge in [-0.2, -0.15) is 0 Å². The molecule has 0 aromatic heterocycles. The van der Waals surface area contributed by atoms with Gasteiger partial charge in [0.15, 0.2) is 0 Å². The molecule has 5 amide bonds. The number of carbonyl (C=O) groups excluding carboxylic acids is 4. The molecule has 200 valence electrons. The number of carboxylic acid groups (broad SMARTS) is 1. The zero-order valence-electron chi connectivity index (χ0n) is 21.7. The Hall–Kier alpha value is -3.63. The van der Waals surface area contributed by atoms with Gasteiger partial charge in [-0.05, 0) is 40.7 Å². The standard InChI is InChI=1S/C26H35N5O6/c1-25(2,3)19(30-24(36)37)23(35)31-11-14-17(26(14,4)5)18(31)22(34)29-16(20(27)32)10-13-12-8-6-7-9-15(12)28-21(13)33/h6-9,13-14,16-19,30H,10-11H2,1-5H3,(H2,27,32)(H,28,33)(H,29,34)(H,36,37)/t13?,14-,16-,17-,18-,19+/m0/s1. The Morgan fingerprint density at radius 2 is 1.84 bits per heavy atom. The fraction of sp³-hybridized carbons (Fsp3) is 0.577. The molecule has 1 unspecified atom stereocenters. The smallest absolute Gasteiger partial charge is 0.405 e. The van der Waals surface area contributed by atoms with Gasteiger partial charge >= 0.3 is 6.09 Å². The number of fused-ring (bicyclic) bond motifs is 2. The third kappa shape index (κ3) is 4.74. The minimum absolute atomic E-state index is 0.0206. The maximum absolute atomic E-state index is 13.6. The van der Waals surface area contributed by atoms with Crippen LogP contribution in [0.5, 0.6) is 0 Å². The predicted octanol–water partition coefficient (Wildman–Crippen LogP) is 1.25. The second kappa shape index (κ2) is 9.04. The van der Waals surface area contributed by atoms with Crippen molar-refractivity contribution >= 4 is 35.4 Å². The van der Waals surface area contributed by atoms with Crippen molar-refractivity contribution in [2.24, 2.45) is 28.4 Å². The summed E-state index contributed by atoms with van der Waals surface area (Å²) < 4.78 is 0. The lowest BCUT2D eigenvalue weighted by Gasteiger charge is -2.37. The van der Waals surface area contributed by atoms with Crippen LogP contribution in [0.25, 0.3) is 0 Å². The summed E-state index contributed by atoms with van der Waals surface area (Å²) in [5.41, 5.74) is 6.09. The highest BCUT2D eigenvalue weighted by molar-refractivity contribution is 6.03. The van der Waals surface area contributed by atoms with Crippen molar-refractivity contribution in [1.82, 2.24) is 15.5 Å². The fourth-order valence-corrected chi connectivity index (χ4v) is 6.00. The van der Waals surface area contributed by atoms with E-state index in [0.717, 1.165) is 5.56 Å². The zero-order valence-corrected chi connectivity index (χ0v) is 21.7. The number of benzene rings is 1. The van der Waals surface area contributed by atoms with Crippen LogP contribution in [0, 0.1) is 22.7 Å². The number of anilines is 1. The normalized spacial score (nSPS) is 26.8. The van der Waals surface area contributed by atoms with Gasteiger partial charge in [0, 0.05) is 12.2 Å². The summed E-state index contributed by atoms with van der Waals surface area (Å²) in [6.07, 6.45) is -1.35. The third-order valence-corrected chi connectivity index (χ3v) is 8.18. The second-order valence-corrected chi connectivity index (χ2v) is 12.0. The third-order valence-electron chi connectivity index (χ3n) is 8.18. The van der Waals surface area contributed by atoms with Crippen LogP contribution in [0.1, 0.15) is 52.5 Å². The molecule has 0 radical (unpaired) electrons. The van der Waals surface area contributed by atoms with Crippen molar-refractivity contribution in [1.29, 1.82) is 0 Å². The van der Waals surface area contributed by atoms with Crippen molar-refractivity contribution in [2.45, 2.75) is 65.1 Å². The molecular weight excluding hydrogens is 478 g/mol. The monoisotopic (exact) mass is 513 g/mol. The summed E-state index contributed by atoms with van der Waals surface area (Å²) in [7, 11) is 0. The van der Waals surface area contributed by atoms with Crippen LogP contribution in [0.4, 0.5) is 10.5 Å². The van der Waals surface area contributed by atoms with Gasteiger partial charge in [-0.1, -0.05) is 52.8 Å². The van der Waals surface area contributed by atoms with Crippen LogP contribution in [0.15, 0.2) is 24.3 Å². The number of hydrogen-bond acceptors (Lipinski definition) is 5. The molecule has 37 heavy (non-hydrogen) atoms. The molecule has 1 aliphatic carbocycles. The summed E-state index contributed by atoms with van der Waals surface area (Å²) in [4.78, 5) is 65.0. The van der Waals surface area contributed by atoms with Crippen molar-refractivity contribution in [3.05, 3.63) is 29.8 Å².